The van der Waals surface area contributed by atoms with Gasteiger partial charge in [0.1, 0.15) is 22.6 Å². The second-order valence-corrected chi connectivity index (χ2v) is 5.23. The van der Waals surface area contributed by atoms with E-state index in [0.717, 1.165) is 16.5 Å². The van der Waals surface area contributed by atoms with Crippen LogP contribution >= 0.6 is 0 Å². The highest BCUT2D eigenvalue weighted by Gasteiger charge is 2.14. The number of aromatic nitrogens is 2. The number of rotatable bonds is 4. The third kappa shape index (κ3) is 2.50. The Bertz CT molecular complexity index is 1020. The smallest absolute Gasteiger partial charge is 0.339 e. The van der Waals surface area contributed by atoms with E-state index in [2.05, 4.69) is 10.2 Å². The van der Waals surface area contributed by atoms with Gasteiger partial charge in [-0.2, -0.15) is 5.10 Å². The minimum absolute atomic E-state index is 0.0771. The number of benzene rings is 2. The van der Waals surface area contributed by atoms with Crippen molar-refractivity contribution in [3.05, 3.63) is 66.7 Å². The van der Waals surface area contributed by atoms with Gasteiger partial charge in [-0.1, -0.05) is 6.07 Å². The Labute approximate surface area is 136 Å². The molecule has 0 saturated carbocycles. The number of hydrogen-bond acceptors (Lipinski definition) is 4. The van der Waals surface area contributed by atoms with Crippen molar-refractivity contribution in [2.45, 2.75) is 0 Å². The summed E-state index contributed by atoms with van der Waals surface area (Å²) in [4.78, 5) is 11.6. The number of aromatic amines is 1. The van der Waals surface area contributed by atoms with E-state index < -0.39 is 5.97 Å². The first-order chi connectivity index (χ1) is 11.7. The second-order valence-electron chi connectivity index (χ2n) is 5.23. The maximum atomic E-state index is 11.6. The van der Waals surface area contributed by atoms with Crippen molar-refractivity contribution in [2.75, 3.05) is 0 Å². The molecule has 0 amide bonds. The summed E-state index contributed by atoms with van der Waals surface area (Å²) in [6.07, 6.45) is 4.93. The second kappa shape index (κ2) is 5.58. The van der Waals surface area contributed by atoms with Gasteiger partial charge < -0.3 is 14.3 Å². The predicted molar refractivity (Wildman–Crippen MR) is 87.3 cm³/mol. The fourth-order valence-corrected chi connectivity index (χ4v) is 2.50. The van der Waals surface area contributed by atoms with E-state index >= 15 is 0 Å². The van der Waals surface area contributed by atoms with Gasteiger partial charge in [0.2, 0.25) is 0 Å². The van der Waals surface area contributed by atoms with Gasteiger partial charge in [-0.25, -0.2) is 4.79 Å². The molecule has 0 fully saturated rings. The van der Waals surface area contributed by atoms with Crippen molar-refractivity contribution in [1.82, 2.24) is 10.2 Å². The minimum Gasteiger partial charge on any atom is -0.478 e. The van der Waals surface area contributed by atoms with Crippen LogP contribution in [0.4, 0.5) is 0 Å². The quantitative estimate of drug-likeness (QED) is 0.585. The van der Waals surface area contributed by atoms with Crippen molar-refractivity contribution in [1.29, 1.82) is 0 Å². The average Bonchev–Trinajstić information content (AvgIpc) is 3.26. The molecule has 0 aliphatic rings. The topological polar surface area (TPSA) is 88.3 Å². The molecule has 24 heavy (non-hydrogen) atoms. The number of carbonyl (C=O) groups is 1. The lowest BCUT2D eigenvalue weighted by atomic mass is 10.1. The highest BCUT2D eigenvalue weighted by Crippen LogP contribution is 2.31. The van der Waals surface area contributed by atoms with Crippen molar-refractivity contribution in [3.8, 4) is 22.6 Å². The molecule has 6 heteroatoms. The molecule has 0 radical (unpaired) electrons. The summed E-state index contributed by atoms with van der Waals surface area (Å²) in [7, 11) is 0. The molecule has 0 aliphatic heterocycles. The molecule has 4 rings (SSSR count). The Hall–Kier alpha value is -3.54. The first-order valence-corrected chi connectivity index (χ1v) is 7.22. The zero-order chi connectivity index (χ0) is 16.5. The first kappa shape index (κ1) is 14.1. The van der Waals surface area contributed by atoms with Crippen LogP contribution in [0.2, 0.25) is 0 Å². The van der Waals surface area contributed by atoms with Crippen molar-refractivity contribution in [2.24, 2.45) is 0 Å². The van der Waals surface area contributed by atoms with Crippen LogP contribution in [0.25, 0.3) is 22.1 Å². The van der Waals surface area contributed by atoms with Gasteiger partial charge in [0.25, 0.3) is 0 Å². The van der Waals surface area contributed by atoms with E-state index in [1.165, 1.54) is 0 Å². The molecule has 2 heterocycles. The van der Waals surface area contributed by atoms with Gasteiger partial charge in [0, 0.05) is 23.2 Å². The molecular formula is C18H12N2O4. The molecule has 2 aromatic carbocycles. The highest BCUT2D eigenvalue weighted by atomic mass is 16.5. The molecule has 2 aromatic heterocycles. The number of carboxylic acids is 1. The van der Waals surface area contributed by atoms with E-state index in [4.69, 9.17) is 9.15 Å². The molecule has 0 aliphatic carbocycles. The Morgan fingerprint density at radius 2 is 2.04 bits per heavy atom. The van der Waals surface area contributed by atoms with Crippen LogP contribution in [0.5, 0.6) is 11.5 Å². The monoisotopic (exact) mass is 320 g/mol. The summed E-state index contributed by atoms with van der Waals surface area (Å²) in [6.45, 7) is 0. The number of furan rings is 1. The van der Waals surface area contributed by atoms with Crippen LogP contribution in [0, 0.1) is 0 Å². The SMILES string of the molecule is O=C(O)c1cc(-c2cn[nH]c2)ccc1Oc1ccc2ccoc2c1. The van der Waals surface area contributed by atoms with Gasteiger partial charge in [0.05, 0.1) is 12.5 Å². The zero-order valence-corrected chi connectivity index (χ0v) is 12.4. The maximum Gasteiger partial charge on any atom is 0.339 e. The van der Waals surface area contributed by atoms with E-state index in [1.807, 2.05) is 12.1 Å². The first-order valence-electron chi connectivity index (χ1n) is 7.22. The number of carboxylic acid groups (broad SMARTS) is 1. The lowest BCUT2D eigenvalue weighted by molar-refractivity contribution is 0.0694. The standard InChI is InChI=1S/C18H12N2O4/c21-18(22)15-7-12(13-9-19-20-10-13)2-4-16(15)24-14-3-1-11-5-6-23-17(11)8-14/h1-10H,(H,19,20)(H,21,22). The molecule has 0 saturated heterocycles. The molecule has 6 nitrogen and oxygen atoms in total. The van der Waals surface area contributed by atoms with Gasteiger partial charge in [-0.05, 0) is 35.9 Å². The van der Waals surface area contributed by atoms with Gasteiger partial charge in [0.15, 0.2) is 0 Å². The number of nitrogens with one attached hydrogen (secondary N) is 1. The Balaban J connectivity index is 1.72. The summed E-state index contributed by atoms with van der Waals surface area (Å²) in [5.41, 5.74) is 2.31. The molecule has 0 bridgehead atoms. The highest BCUT2D eigenvalue weighted by molar-refractivity contribution is 5.93. The van der Waals surface area contributed by atoms with Crippen LogP contribution in [0.1, 0.15) is 10.4 Å². The summed E-state index contributed by atoms with van der Waals surface area (Å²) >= 11 is 0. The summed E-state index contributed by atoms with van der Waals surface area (Å²) in [6, 6.07) is 12.2. The number of aromatic carboxylic acids is 1. The lowest BCUT2D eigenvalue weighted by Gasteiger charge is -2.10. The van der Waals surface area contributed by atoms with Crippen LogP contribution in [0.15, 0.2) is 65.5 Å². The van der Waals surface area contributed by atoms with Gasteiger partial charge in [-0.3, -0.25) is 5.10 Å². The van der Waals surface area contributed by atoms with Gasteiger partial charge in [-0.15, -0.1) is 0 Å². The Morgan fingerprint density at radius 3 is 2.83 bits per heavy atom. The van der Waals surface area contributed by atoms with E-state index in [9.17, 15) is 9.90 Å². The van der Waals surface area contributed by atoms with Crippen LogP contribution in [-0.4, -0.2) is 21.3 Å². The fraction of sp³-hybridized carbons (Fsp3) is 0. The molecule has 0 unspecified atom stereocenters. The number of nitrogens with zero attached hydrogens (tertiary/aromatic N) is 1. The molecular weight excluding hydrogens is 308 g/mol. The van der Waals surface area contributed by atoms with E-state index in [1.54, 1.807) is 49.0 Å². The van der Waals surface area contributed by atoms with Crippen molar-refractivity contribution in [3.63, 3.8) is 0 Å². The van der Waals surface area contributed by atoms with Crippen LogP contribution < -0.4 is 4.74 Å². The Morgan fingerprint density at radius 1 is 1.12 bits per heavy atom. The number of ether oxygens (including phenoxy) is 1. The predicted octanol–water partition coefficient (Wildman–Crippen LogP) is 4.31. The normalized spacial score (nSPS) is 10.8. The van der Waals surface area contributed by atoms with Crippen LogP contribution in [-0.2, 0) is 0 Å². The number of hydrogen-bond donors (Lipinski definition) is 2. The van der Waals surface area contributed by atoms with E-state index in [0.29, 0.717) is 11.3 Å². The maximum absolute atomic E-state index is 11.6. The zero-order valence-electron chi connectivity index (χ0n) is 12.4. The molecule has 0 atom stereocenters. The van der Waals surface area contributed by atoms with E-state index in [-0.39, 0.29) is 11.3 Å². The summed E-state index contributed by atoms with van der Waals surface area (Å²) in [5.74, 6) is -0.286. The third-order valence-corrected chi connectivity index (χ3v) is 3.70. The average molecular weight is 320 g/mol. The largest absolute Gasteiger partial charge is 0.478 e. The summed E-state index contributed by atoms with van der Waals surface area (Å²) in [5, 5.41) is 17.0. The molecule has 118 valence electrons. The molecule has 4 aromatic rings. The van der Waals surface area contributed by atoms with Crippen LogP contribution in [0.3, 0.4) is 0 Å². The van der Waals surface area contributed by atoms with Gasteiger partial charge >= 0.3 is 5.97 Å². The minimum atomic E-state index is -1.06. The van der Waals surface area contributed by atoms with Crippen molar-refractivity contribution >= 4 is 16.9 Å². The third-order valence-electron chi connectivity index (χ3n) is 3.70. The fourth-order valence-electron chi connectivity index (χ4n) is 2.50. The number of H-pyrrole nitrogens is 1. The Kier molecular flexibility index (Phi) is 3.28. The molecule has 0 spiro atoms. The molecule has 2 N–H and O–H groups in total. The number of fused-ring (bicyclic) bond motifs is 1. The summed E-state index contributed by atoms with van der Waals surface area (Å²) < 4.78 is 11.1. The lowest BCUT2D eigenvalue weighted by Crippen LogP contribution is -2.00. The van der Waals surface area contributed by atoms with Crippen molar-refractivity contribution < 1.29 is 19.1 Å².